The van der Waals surface area contributed by atoms with Crippen LogP contribution in [0, 0.1) is 11.8 Å². The van der Waals surface area contributed by atoms with Crippen LogP contribution in [0.2, 0.25) is 0 Å². The van der Waals surface area contributed by atoms with Gasteiger partial charge < -0.3 is 0 Å². The number of hydrogen-bond acceptors (Lipinski definition) is 3. The number of aryl methyl sites for hydroxylation is 1. The van der Waals surface area contributed by atoms with Crippen LogP contribution in [-0.2, 0) is 0 Å². The molecule has 0 aromatic heterocycles. The van der Waals surface area contributed by atoms with Crippen molar-refractivity contribution in [3.63, 3.8) is 0 Å². The molecule has 0 amide bonds. The number of aldehydes is 1. The molecule has 0 fully saturated rings. The Morgan fingerprint density at radius 1 is 1.45 bits per heavy atom. The van der Waals surface area contributed by atoms with Crippen molar-refractivity contribution >= 4 is 12.0 Å². The van der Waals surface area contributed by atoms with Crippen LogP contribution >= 0.6 is 0 Å². The van der Waals surface area contributed by atoms with Gasteiger partial charge in [-0.2, -0.15) is 0 Å². The minimum absolute atomic E-state index is 0.328. The summed E-state index contributed by atoms with van der Waals surface area (Å²) >= 11 is 0. The number of nitroso groups, excluding NO2 is 1. The number of benzene rings is 1. The van der Waals surface area contributed by atoms with Gasteiger partial charge in [0, 0.05) is 5.56 Å². The lowest BCUT2D eigenvalue weighted by Gasteiger charge is -1.95. The van der Waals surface area contributed by atoms with Crippen molar-refractivity contribution in [3.05, 3.63) is 34.2 Å². The predicted octanol–water partition coefficient (Wildman–Crippen LogP) is 2.21. The molecule has 56 valence electrons. The van der Waals surface area contributed by atoms with Crippen LogP contribution < -0.4 is 0 Å². The van der Waals surface area contributed by atoms with E-state index in [4.69, 9.17) is 0 Å². The molecule has 0 atom stereocenters. The third kappa shape index (κ3) is 1.49. The van der Waals surface area contributed by atoms with Crippen molar-refractivity contribution in [2.75, 3.05) is 0 Å². The van der Waals surface area contributed by atoms with E-state index >= 15 is 0 Å². The van der Waals surface area contributed by atoms with Gasteiger partial charge in [-0.05, 0) is 23.7 Å². The molecule has 1 aromatic rings. The van der Waals surface area contributed by atoms with Gasteiger partial charge in [-0.25, -0.2) is 0 Å². The standard InChI is InChI=1S/C8H7NO2/c1-6-2-3-7(5-10)4-8(6)9-11/h2-5H,1H3. The Kier molecular flexibility index (Phi) is 2.11. The van der Waals surface area contributed by atoms with E-state index in [0.29, 0.717) is 17.5 Å². The Hall–Kier alpha value is -1.51. The van der Waals surface area contributed by atoms with Crippen LogP contribution in [0.15, 0.2) is 23.4 Å². The molecule has 3 nitrogen and oxygen atoms in total. The van der Waals surface area contributed by atoms with Crippen LogP contribution in [0.25, 0.3) is 0 Å². The quantitative estimate of drug-likeness (QED) is 0.478. The molecule has 0 heterocycles. The highest BCUT2D eigenvalue weighted by atomic mass is 16.3. The van der Waals surface area contributed by atoms with E-state index in [1.165, 1.54) is 6.07 Å². The molecule has 0 aliphatic heterocycles. The highest BCUT2D eigenvalue weighted by Gasteiger charge is 1.98. The summed E-state index contributed by atoms with van der Waals surface area (Å²) in [7, 11) is 0. The molecule has 0 saturated carbocycles. The van der Waals surface area contributed by atoms with Gasteiger partial charge in [0.05, 0.1) is 0 Å². The zero-order chi connectivity index (χ0) is 8.27. The third-order valence-electron chi connectivity index (χ3n) is 1.47. The van der Waals surface area contributed by atoms with Gasteiger partial charge in [0.1, 0.15) is 12.0 Å². The van der Waals surface area contributed by atoms with Crippen molar-refractivity contribution in [2.45, 2.75) is 6.92 Å². The lowest BCUT2D eigenvalue weighted by atomic mass is 10.1. The van der Waals surface area contributed by atoms with Crippen molar-refractivity contribution < 1.29 is 4.79 Å². The van der Waals surface area contributed by atoms with E-state index in [1.807, 2.05) is 0 Å². The van der Waals surface area contributed by atoms with Crippen molar-refractivity contribution in [1.29, 1.82) is 0 Å². The highest BCUT2D eigenvalue weighted by Crippen LogP contribution is 2.18. The number of hydrogen-bond donors (Lipinski definition) is 0. The summed E-state index contributed by atoms with van der Waals surface area (Å²) in [5, 5.41) is 2.77. The second-order valence-corrected chi connectivity index (χ2v) is 2.26. The summed E-state index contributed by atoms with van der Waals surface area (Å²) in [5.41, 5.74) is 1.59. The lowest BCUT2D eigenvalue weighted by molar-refractivity contribution is 0.112. The first-order valence-corrected chi connectivity index (χ1v) is 3.17. The van der Waals surface area contributed by atoms with E-state index < -0.39 is 0 Å². The minimum Gasteiger partial charge on any atom is -0.298 e. The van der Waals surface area contributed by atoms with Crippen LogP contribution in [-0.4, -0.2) is 6.29 Å². The molecule has 1 rings (SSSR count). The molecule has 3 heteroatoms. The Bertz CT molecular complexity index is 294. The van der Waals surface area contributed by atoms with Crippen LogP contribution in [0.5, 0.6) is 0 Å². The van der Waals surface area contributed by atoms with E-state index in [2.05, 4.69) is 5.18 Å². The van der Waals surface area contributed by atoms with Crippen molar-refractivity contribution in [1.82, 2.24) is 0 Å². The molecule has 11 heavy (non-hydrogen) atoms. The molecule has 0 spiro atoms. The van der Waals surface area contributed by atoms with Gasteiger partial charge in [0.25, 0.3) is 0 Å². The van der Waals surface area contributed by atoms with Crippen LogP contribution in [0.3, 0.4) is 0 Å². The smallest absolute Gasteiger partial charge is 0.150 e. The molecule has 0 aliphatic carbocycles. The molecule has 0 saturated heterocycles. The van der Waals surface area contributed by atoms with Crippen molar-refractivity contribution in [2.24, 2.45) is 5.18 Å². The monoisotopic (exact) mass is 149 g/mol. The molecule has 0 aliphatic rings. The number of nitrogens with zero attached hydrogens (tertiary/aromatic N) is 1. The second kappa shape index (κ2) is 3.05. The van der Waals surface area contributed by atoms with Gasteiger partial charge in [0.2, 0.25) is 0 Å². The molecule has 0 radical (unpaired) electrons. The first-order valence-electron chi connectivity index (χ1n) is 3.17. The van der Waals surface area contributed by atoms with Gasteiger partial charge in [-0.15, -0.1) is 4.91 Å². The zero-order valence-corrected chi connectivity index (χ0v) is 6.07. The summed E-state index contributed by atoms with van der Waals surface area (Å²) in [5.74, 6) is 0. The number of carbonyl (C=O) groups is 1. The lowest BCUT2D eigenvalue weighted by Crippen LogP contribution is -1.80. The van der Waals surface area contributed by atoms with Crippen LogP contribution in [0.1, 0.15) is 15.9 Å². The molecular weight excluding hydrogens is 142 g/mol. The minimum atomic E-state index is 0.328. The SMILES string of the molecule is Cc1ccc(C=O)cc1N=O. The topological polar surface area (TPSA) is 46.5 Å². The summed E-state index contributed by atoms with van der Waals surface area (Å²) in [4.78, 5) is 20.4. The van der Waals surface area contributed by atoms with E-state index in [1.54, 1.807) is 19.1 Å². The van der Waals surface area contributed by atoms with Gasteiger partial charge in [-0.1, -0.05) is 12.1 Å². The average molecular weight is 149 g/mol. The predicted molar refractivity (Wildman–Crippen MR) is 42.0 cm³/mol. The molecular formula is C8H7NO2. The van der Waals surface area contributed by atoms with Gasteiger partial charge >= 0.3 is 0 Å². The third-order valence-corrected chi connectivity index (χ3v) is 1.47. The summed E-state index contributed by atoms with van der Waals surface area (Å²) in [6, 6.07) is 4.81. The summed E-state index contributed by atoms with van der Waals surface area (Å²) in [6.07, 6.45) is 0.689. The maximum absolute atomic E-state index is 10.2. The van der Waals surface area contributed by atoms with E-state index in [-0.39, 0.29) is 0 Å². The molecule has 0 N–H and O–H groups in total. The summed E-state index contributed by atoms with van der Waals surface area (Å²) < 4.78 is 0. The Labute approximate surface area is 64.0 Å². The largest absolute Gasteiger partial charge is 0.298 e. The fourth-order valence-electron chi connectivity index (χ4n) is 0.798. The summed E-state index contributed by atoms with van der Waals surface area (Å²) in [6.45, 7) is 1.77. The van der Waals surface area contributed by atoms with Gasteiger partial charge in [-0.3, -0.25) is 4.79 Å². The fourth-order valence-corrected chi connectivity index (χ4v) is 0.798. The maximum Gasteiger partial charge on any atom is 0.150 e. The number of rotatable bonds is 2. The van der Waals surface area contributed by atoms with Crippen molar-refractivity contribution in [3.8, 4) is 0 Å². The first-order chi connectivity index (χ1) is 5.27. The Morgan fingerprint density at radius 2 is 2.18 bits per heavy atom. The Morgan fingerprint density at radius 3 is 2.73 bits per heavy atom. The zero-order valence-electron chi connectivity index (χ0n) is 6.07. The number of carbonyl (C=O) groups excluding carboxylic acids is 1. The van der Waals surface area contributed by atoms with Gasteiger partial charge in [0.15, 0.2) is 0 Å². The molecule has 0 bridgehead atoms. The fraction of sp³-hybridized carbons (Fsp3) is 0.125. The molecule has 0 unspecified atom stereocenters. The van der Waals surface area contributed by atoms with Crippen LogP contribution in [0.4, 0.5) is 5.69 Å². The van der Waals surface area contributed by atoms with E-state index in [9.17, 15) is 9.70 Å². The second-order valence-electron chi connectivity index (χ2n) is 2.26. The van der Waals surface area contributed by atoms with E-state index in [0.717, 1.165) is 5.56 Å². The molecule has 1 aromatic carbocycles. The average Bonchev–Trinajstić information content (AvgIpc) is 2.05. The first kappa shape index (κ1) is 7.60. The Balaban J connectivity index is 3.22. The normalized spacial score (nSPS) is 9.18. The maximum atomic E-state index is 10.2. The highest BCUT2D eigenvalue weighted by molar-refractivity contribution is 5.77.